The van der Waals surface area contributed by atoms with Crippen LogP contribution in [0.2, 0.25) is 0 Å². The molecule has 0 spiro atoms. The van der Waals surface area contributed by atoms with Crippen LogP contribution in [0.15, 0.2) is 41.5 Å². The van der Waals surface area contributed by atoms with Crippen molar-refractivity contribution in [2.24, 2.45) is 10.4 Å². The second kappa shape index (κ2) is 8.51. The molecule has 1 N–H and O–H groups in total. The lowest BCUT2D eigenvalue weighted by molar-refractivity contribution is -0.172. The number of hydrogen-bond acceptors (Lipinski definition) is 6. The standard InChI is InChI=1S/C24H29F3N4OS/c1-6-31-13-15-9-7-11-17(18(15)19(31)22(2,3)4)32-20-16(10-8-12-28-20)29-21-30-23(5,14-33-21)24(25,26)27/h7-12,19H,6,13-14H2,1-5H3,(H,29,30)/t19?,23-/m1/s1. The van der Waals surface area contributed by atoms with E-state index in [2.05, 4.69) is 54.0 Å². The highest BCUT2D eigenvalue weighted by atomic mass is 32.2. The fraction of sp³-hybridized carbons (Fsp3) is 0.500. The van der Waals surface area contributed by atoms with Crippen molar-refractivity contribution in [3.8, 4) is 11.6 Å². The quantitative estimate of drug-likeness (QED) is 0.534. The van der Waals surface area contributed by atoms with Gasteiger partial charge in [-0.25, -0.2) is 9.98 Å². The maximum Gasteiger partial charge on any atom is 0.414 e. The third-order valence-corrected chi connectivity index (χ3v) is 7.24. The van der Waals surface area contributed by atoms with E-state index >= 15 is 0 Å². The van der Waals surface area contributed by atoms with Gasteiger partial charge in [0.1, 0.15) is 11.4 Å². The Kier molecular flexibility index (Phi) is 6.16. The number of pyridine rings is 1. The van der Waals surface area contributed by atoms with Crippen LogP contribution >= 0.6 is 11.8 Å². The normalized spacial score (nSPS) is 23.4. The first-order valence-corrected chi connectivity index (χ1v) is 12.0. The number of benzene rings is 1. The van der Waals surface area contributed by atoms with Crippen LogP contribution in [0, 0.1) is 5.41 Å². The SMILES string of the molecule is CCN1Cc2cccc(Oc3ncccc3NC3=N[C@@](C)(C(F)(F)F)CS3)c2C1C(C)(C)C. The molecule has 0 radical (unpaired) electrons. The highest BCUT2D eigenvalue weighted by Crippen LogP contribution is 2.49. The Morgan fingerprint density at radius 1 is 1.21 bits per heavy atom. The van der Waals surface area contributed by atoms with E-state index in [0.29, 0.717) is 17.3 Å². The molecule has 4 rings (SSSR count). The van der Waals surface area contributed by atoms with Gasteiger partial charge in [-0.1, -0.05) is 51.6 Å². The molecule has 2 aromatic rings. The van der Waals surface area contributed by atoms with E-state index in [9.17, 15) is 13.2 Å². The number of rotatable bonds is 4. The van der Waals surface area contributed by atoms with Gasteiger partial charge >= 0.3 is 6.18 Å². The van der Waals surface area contributed by atoms with E-state index in [-0.39, 0.29) is 22.4 Å². The van der Waals surface area contributed by atoms with E-state index < -0.39 is 11.7 Å². The number of hydrogen-bond donors (Lipinski definition) is 1. The van der Waals surface area contributed by atoms with Crippen LogP contribution in [-0.2, 0) is 6.54 Å². The number of aliphatic imine (C=N–C) groups is 1. The number of nitrogens with zero attached hydrogens (tertiary/aromatic N) is 3. The lowest BCUT2D eigenvalue weighted by Gasteiger charge is -2.35. The van der Waals surface area contributed by atoms with E-state index in [4.69, 9.17) is 4.74 Å². The molecule has 1 unspecified atom stereocenters. The lowest BCUT2D eigenvalue weighted by Crippen LogP contribution is -2.40. The Morgan fingerprint density at radius 2 is 1.97 bits per heavy atom. The number of nitrogens with one attached hydrogen (secondary N) is 1. The maximum atomic E-state index is 13.4. The Morgan fingerprint density at radius 3 is 2.61 bits per heavy atom. The Hall–Kier alpha value is -2.26. The van der Waals surface area contributed by atoms with Gasteiger partial charge in [0.25, 0.3) is 0 Å². The highest BCUT2D eigenvalue weighted by Gasteiger charge is 2.54. The number of fused-ring (bicyclic) bond motifs is 1. The molecule has 33 heavy (non-hydrogen) atoms. The lowest BCUT2D eigenvalue weighted by atomic mass is 9.82. The van der Waals surface area contributed by atoms with Gasteiger partial charge in [-0.15, -0.1) is 0 Å². The Bertz CT molecular complexity index is 1070. The van der Waals surface area contributed by atoms with E-state index in [1.807, 2.05) is 12.1 Å². The van der Waals surface area contributed by atoms with Crippen molar-refractivity contribution < 1.29 is 17.9 Å². The number of alkyl halides is 3. The van der Waals surface area contributed by atoms with Crippen molar-refractivity contribution in [1.82, 2.24) is 9.88 Å². The van der Waals surface area contributed by atoms with Gasteiger partial charge in [0.05, 0.1) is 0 Å². The number of anilines is 1. The summed E-state index contributed by atoms with van der Waals surface area (Å²) in [5.74, 6) is 0.852. The van der Waals surface area contributed by atoms with Gasteiger partial charge in [-0.05, 0) is 42.6 Å². The first-order valence-electron chi connectivity index (χ1n) is 11.0. The summed E-state index contributed by atoms with van der Waals surface area (Å²) < 4.78 is 46.4. The van der Waals surface area contributed by atoms with Gasteiger partial charge in [0.2, 0.25) is 5.88 Å². The minimum atomic E-state index is -4.41. The van der Waals surface area contributed by atoms with Crippen LogP contribution in [0.5, 0.6) is 11.6 Å². The summed E-state index contributed by atoms with van der Waals surface area (Å²) in [6.45, 7) is 11.7. The van der Waals surface area contributed by atoms with Gasteiger partial charge < -0.3 is 10.1 Å². The van der Waals surface area contributed by atoms with Gasteiger partial charge in [0, 0.05) is 30.1 Å². The van der Waals surface area contributed by atoms with Crippen LogP contribution in [0.3, 0.4) is 0 Å². The van der Waals surface area contributed by atoms with Crippen molar-refractivity contribution in [1.29, 1.82) is 0 Å². The monoisotopic (exact) mass is 478 g/mol. The maximum absolute atomic E-state index is 13.4. The van der Waals surface area contributed by atoms with E-state index in [1.165, 1.54) is 5.56 Å². The number of halogens is 3. The summed E-state index contributed by atoms with van der Waals surface area (Å²) in [5, 5.41) is 3.21. The zero-order chi connectivity index (χ0) is 24.0. The topological polar surface area (TPSA) is 49.8 Å². The Balaban J connectivity index is 1.65. The van der Waals surface area contributed by atoms with Gasteiger partial charge in [0.15, 0.2) is 10.7 Å². The molecule has 3 heterocycles. The summed E-state index contributed by atoms with van der Waals surface area (Å²) in [4.78, 5) is 10.7. The molecular formula is C24H29F3N4OS. The highest BCUT2D eigenvalue weighted by molar-refractivity contribution is 8.14. The number of ether oxygens (including phenoxy) is 1. The molecule has 5 nitrogen and oxygen atoms in total. The molecule has 0 fully saturated rings. The van der Waals surface area contributed by atoms with Crippen molar-refractivity contribution in [3.05, 3.63) is 47.7 Å². The smallest absolute Gasteiger partial charge is 0.414 e. The Labute approximate surface area is 196 Å². The third kappa shape index (κ3) is 4.57. The molecule has 2 aliphatic rings. The summed E-state index contributed by atoms with van der Waals surface area (Å²) in [6, 6.07) is 9.64. The van der Waals surface area contributed by atoms with Crippen LogP contribution < -0.4 is 10.1 Å². The largest absolute Gasteiger partial charge is 0.437 e. The van der Waals surface area contributed by atoms with Crippen molar-refractivity contribution in [2.45, 2.75) is 58.9 Å². The fourth-order valence-corrected chi connectivity index (χ4v) is 5.48. The minimum Gasteiger partial charge on any atom is -0.437 e. The average Bonchev–Trinajstić information content (AvgIpc) is 3.31. The molecule has 2 aliphatic heterocycles. The van der Waals surface area contributed by atoms with Crippen molar-refractivity contribution in [2.75, 3.05) is 17.6 Å². The zero-order valence-corrected chi connectivity index (χ0v) is 20.3. The molecule has 0 saturated carbocycles. The van der Waals surface area contributed by atoms with Gasteiger partial charge in [-0.3, -0.25) is 4.90 Å². The predicted molar refractivity (Wildman–Crippen MR) is 127 cm³/mol. The number of amidine groups is 1. The fourth-order valence-electron chi connectivity index (χ4n) is 4.39. The second-order valence-electron chi connectivity index (χ2n) is 9.72. The summed E-state index contributed by atoms with van der Waals surface area (Å²) in [7, 11) is 0. The molecule has 1 aromatic heterocycles. The van der Waals surface area contributed by atoms with Crippen molar-refractivity contribution >= 4 is 22.6 Å². The molecule has 0 bridgehead atoms. The predicted octanol–water partition coefficient (Wildman–Crippen LogP) is 6.63. The summed E-state index contributed by atoms with van der Waals surface area (Å²) in [5.41, 5.74) is 0.721. The third-order valence-electron chi connectivity index (χ3n) is 6.06. The first-order chi connectivity index (χ1) is 15.4. The van der Waals surface area contributed by atoms with Gasteiger partial charge in [-0.2, -0.15) is 13.2 Å². The van der Waals surface area contributed by atoms with Crippen LogP contribution in [-0.4, -0.2) is 39.1 Å². The average molecular weight is 479 g/mol. The molecule has 2 atom stereocenters. The molecular weight excluding hydrogens is 449 g/mol. The molecule has 9 heteroatoms. The summed E-state index contributed by atoms with van der Waals surface area (Å²) in [6.07, 6.45) is -2.80. The van der Waals surface area contributed by atoms with E-state index in [0.717, 1.165) is 37.3 Å². The number of thioether (sulfide) groups is 1. The van der Waals surface area contributed by atoms with Crippen molar-refractivity contribution in [3.63, 3.8) is 0 Å². The first kappa shape index (κ1) is 23.9. The minimum absolute atomic E-state index is 0.0107. The molecule has 1 aromatic carbocycles. The zero-order valence-electron chi connectivity index (χ0n) is 19.5. The van der Waals surface area contributed by atoms with Crippen LogP contribution in [0.25, 0.3) is 0 Å². The summed E-state index contributed by atoms with van der Waals surface area (Å²) >= 11 is 1.04. The molecule has 0 amide bonds. The van der Waals surface area contributed by atoms with Crippen LogP contribution in [0.1, 0.15) is 51.8 Å². The number of aromatic nitrogens is 1. The molecule has 0 saturated heterocycles. The second-order valence-corrected chi connectivity index (χ2v) is 10.7. The van der Waals surface area contributed by atoms with Crippen LogP contribution in [0.4, 0.5) is 18.9 Å². The van der Waals surface area contributed by atoms with E-state index in [1.54, 1.807) is 18.3 Å². The molecule has 178 valence electrons. The molecule has 0 aliphatic carbocycles.